The predicted molar refractivity (Wildman–Crippen MR) is 56.7 cm³/mol. The molecule has 0 atom stereocenters. The van der Waals surface area contributed by atoms with Crippen LogP contribution < -0.4 is 10.1 Å². The lowest BCUT2D eigenvalue weighted by Crippen LogP contribution is -2.18. The third-order valence-electron chi connectivity index (χ3n) is 1.93. The summed E-state index contributed by atoms with van der Waals surface area (Å²) in [4.78, 5) is 0. The Labute approximate surface area is 102 Å². The van der Waals surface area contributed by atoms with Gasteiger partial charge < -0.3 is 10.1 Å². The van der Waals surface area contributed by atoms with Gasteiger partial charge in [-0.3, -0.25) is 4.74 Å². The molecule has 0 saturated carbocycles. The van der Waals surface area contributed by atoms with Crippen LogP contribution in [0.1, 0.15) is 5.56 Å². The lowest BCUT2D eigenvalue weighted by Gasteiger charge is -2.10. The topological polar surface area (TPSA) is 30.5 Å². The van der Waals surface area contributed by atoms with Crippen molar-refractivity contribution in [1.29, 1.82) is 0 Å². The van der Waals surface area contributed by atoms with E-state index < -0.39 is 18.8 Å². The molecule has 0 radical (unpaired) electrons. The Balaban J connectivity index is 2.46. The molecule has 1 aromatic rings. The second kappa shape index (κ2) is 6.55. The van der Waals surface area contributed by atoms with Crippen LogP contribution in [-0.4, -0.2) is 26.6 Å². The summed E-state index contributed by atoms with van der Waals surface area (Å²) in [5.74, 6) is -0.333. The SMILES string of the molecule is CNCc1cc(F)cc(OCCOC(F)(F)F)c1. The molecule has 0 amide bonds. The summed E-state index contributed by atoms with van der Waals surface area (Å²) >= 11 is 0. The van der Waals surface area contributed by atoms with Crippen molar-refractivity contribution in [3.05, 3.63) is 29.6 Å². The zero-order valence-corrected chi connectivity index (χ0v) is 9.68. The molecule has 0 saturated heterocycles. The van der Waals surface area contributed by atoms with Crippen LogP contribution in [-0.2, 0) is 11.3 Å². The molecule has 0 fully saturated rings. The molecule has 0 aromatic heterocycles. The van der Waals surface area contributed by atoms with Gasteiger partial charge in [-0.25, -0.2) is 4.39 Å². The highest BCUT2D eigenvalue weighted by molar-refractivity contribution is 5.29. The molecule has 0 unspecified atom stereocenters. The molecule has 7 heteroatoms. The molecule has 102 valence electrons. The zero-order chi connectivity index (χ0) is 13.6. The van der Waals surface area contributed by atoms with E-state index in [1.807, 2.05) is 0 Å². The molecule has 18 heavy (non-hydrogen) atoms. The van der Waals surface area contributed by atoms with Crippen molar-refractivity contribution in [3.63, 3.8) is 0 Å². The minimum Gasteiger partial charge on any atom is -0.491 e. The fraction of sp³-hybridized carbons (Fsp3) is 0.455. The van der Waals surface area contributed by atoms with E-state index in [1.54, 1.807) is 13.1 Å². The Morgan fingerprint density at radius 2 is 1.89 bits per heavy atom. The molecule has 1 rings (SSSR count). The third kappa shape index (κ3) is 5.83. The molecule has 0 bridgehead atoms. The maximum Gasteiger partial charge on any atom is 0.522 e. The van der Waals surface area contributed by atoms with E-state index in [4.69, 9.17) is 4.74 Å². The number of nitrogens with one attached hydrogen (secondary N) is 1. The number of ether oxygens (including phenoxy) is 2. The van der Waals surface area contributed by atoms with Crippen molar-refractivity contribution in [2.75, 3.05) is 20.3 Å². The van der Waals surface area contributed by atoms with E-state index in [9.17, 15) is 17.6 Å². The van der Waals surface area contributed by atoms with Gasteiger partial charge in [0.2, 0.25) is 0 Å². The normalized spacial score (nSPS) is 11.6. The highest BCUT2D eigenvalue weighted by Gasteiger charge is 2.28. The van der Waals surface area contributed by atoms with Crippen LogP contribution in [0.4, 0.5) is 17.6 Å². The van der Waals surface area contributed by atoms with Gasteiger partial charge >= 0.3 is 6.36 Å². The van der Waals surface area contributed by atoms with Gasteiger partial charge in [0.15, 0.2) is 0 Å². The summed E-state index contributed by atoms with van der Waals surface area (Å²) in [5.41, 5.74) is 0.643. The van der Waals surface area contributed by atoms with Crippen LogP contribution in [0.2, 0.25) is 0 Å². The van der Waals surface area contributed by atoms with Crippen LogP contribution in [0.15, 0.2) is 18.2 Å². The Morgan fingerprint density at radius 1 is 1.17 bits per heavy atom. The average Bonchev–Trinajstić information content (AvgIpc) is 2.23. The fourth-order valence-electron chi connectivity index (χ4n) is 1.33. The summed E-state index contributed by atoms with van der Waals surface area (Å²) in [6, 6.07) is 3.97. The Bertz CT molecular complexity index is 382. The molecule has 0 aliphatic heterocycles. The first-order chi connectivity index (χ1) is 8.40. The zero-order valence-electron chi connectivity index (χ0n) is 9.68. The lowest BCUT2D eigenvalue weighted by molar-refractivity contribution is -0.325. The van der Waals surface area contributed by atoms with Crippen LogP contribution in [0.5, 0.6) is 5.75 Å². The van der Waals surface area contributed by atoms with Crippen LogP contribution in [0.3, 0.4) is 0 Å². The molecule has 1 aromatic carbocycles. The van der Waals surface area contributed by atoms with E-state index in [1.165, 1.54) is 6.07 Å². The maximum absolute atomic E-state index is 13.1. The molecule has 0 aliphatic carbocycles. The van der Waals surface area contributed by atoms with Crippen LogP contribution >= 0.6 is 0 Å². The Morgan fingerprint density at radius 3 is 2.50 bits per heavy atom. The molecule has 1 N–H and O–H groups in total. The van der Waals surface area contributed by atoms with Crippen LogP contribution in [0.25, 0.3) is 0 Å². The molecule has 3 nitrogen and oxygen atoms in total. The van der Waals surface area contributed by atoms with E-state index in [0.717, 1.165) is 6.07 Å². The van der Waals surface area contributed by atoms with Crippen molar-refractivity contribution >= 4 is 0 Å². The van der Waals surface area contributed by atoms with Crippen molar-refractivity contribution in [1.82, 2.24) is 5.32 Å². The number of hydrogen-bond donors (Lipinski definition) is 1. The van der Waals surface area contributed by atoms with E-state index >= 15 is 0 Å². The second-order valence-corrected chi connectivity index (χ2v) is 3.47. The number of rotatable bonds is 6. The highest BCUT2D eigenvalue weighted by Crippen LogP contribution is 2.18. The summed E-state index contributed by atoms with van der Waals surface area (Å²) < 4.78 is 56.6. The monoisotopic (exact) mass is 267 g/mol. The smallest absolute Gasteiger partial charge is 0.491 e. The number of alkyl halides is 3. The average molecular weight is 267 g/mol. The van der Waals surface area contributed by atoms with Crippen molar-refractivity contribution in [3.8, 4) is 5.75 Å². The Kier molecular flexibility index (Phi) is 5.36. The van der Waals surface area contributed by atoms with Crippen molar-refractivity contribution < 1.29 is 27.0 Å². The van der Waals surface area contributed by atoms with Crippen molar-refractivity contribution in [2.45, 2.75) is 12.9 Å². The molecular weight excluding hydrogens is 254 g/mol. The first-order valence-corrected chi connectivity index (χ1v) is 5.18. The minimum atomic E-state index is -4.68. The first-order valence-electron chi connectivity index (χ1n) is 5.18. The lowest BCUT2D eigenvalue weighted by atomic mass is 10.2. The molecule has 0 spiro atoms. The standard InChI is InChI=1S/C11H13F4NO2/c1-16-7-8-4-9(12)6-10(5-8)17-2-3-18-11(13,14)15/h4-6,16H,2-3,7H2,1H3. The van der Waals surface area contributed by atoms with Gasteiger partial charge in [-0.05, 0) is 24.7 Å². The van der Waals surface area contributed by atoms with Gasteiger partial charge in [-0.1, -0.05) is 0 Å². The number of halogens is 4. The molecule has 0 heterocycles. The van der Waals surface area contributed by atoms with Gasteiger partial charge in [-0.2, -0.15) is 0 Å². The summed E-state index contributed by atoms with van der Waals surface area (Å²) in [5, 5.41) is 2.83. The summed E-state index contributed by atoms with van der Waals surface area (Å²) in [7, 11) is 1.70. The Hall–Kier alpha value is -1.34. The third-order valence-corrected chi connectivity index (χ3v) is 1.93. The van der Waals surface area contributed by atoms with Gasteiger partial charge in [0, 0.05) is 12.6 Å². The highest BCUT2D eigenvalue weighted by atomic mass is 19.4. The fourth-order valence-corrected chi connectivity index (χ4v) is 1.33. The largest absolute Gasteiger partial charge is 0.522 e. The van der Waals surface area contributed by atoms with Gasteiger partial charge in [0.05, 0.1) is 6.61 Å². The van der Waals surface area contributed by atoms with Crippen LogP contribution in [0, 0.1) is 5.82 Å². The van der Waals surface area contributed by atoms with Crippen molar-refractivity contribution in [2.24, 2.45) is 0 Å². The van der Waals surface area contributed by atoms with Gasteiger partial charge in [0.1, 0.15) is 18.2 Å². The van der Waals surface area contributed by atoms with Gasteiger partial charge in [-0.15, -0.1) is 13.2 Å². The first kappa shape index (κ1) is 14.7. The van der Waals surface area contributed by atoms with E-state index in [-0.39, 0.29) is 12.4 Å². The molecular formula is C11H13F4NO2. The van der Waals surface area contributed by atoms with Gasteiger partial charge in [0.25, 0.3) is 0 Å². The minimum absolute atomic E-state index is 0.172. The quantitative estimate of drug-likeness (QED) is 0.634. The van der Waals surface area contributed by atoms with E-state index in [0.29, 0.717) is 12.1 Å². The number of benzene rings is 1. The number of hydrogen-bond acceptors (Lipinski definition) is 3. The second-order valence-electron chi connectivity index (χ2n) is 3.47. The summed E-state index contributed by atoms with van der Waals surface area (Å²) in [6.45, 7) is -0.503. The van der Waals surface area contributed by atoms with E-state index in [2.05, 4.69) is 10.1 Å². The predicted octanol–water partition coefficient (Wildman–Crippen LogP) is 2.46. The molecule has 0 aliphatic rings. The summed E-state index contributed by atoms with van der Waals surface area (Å²) in [6.07, 6.45) is -4.68. The maximum atomic E-state index is 13.1.